The number of phosphoric ester groups is 1. The van der Waals surface area contributed by atoms with E-state index in [1.807, 2.05) is 6.08 Å². The Balaban J connectivity index is 4.43. The highest BCUT2D eigenvalue weighted by Crippen LogP contribution is 2.43. The first-order valence-electron chi connectivity index (χ1n) is 20.7. The normalized spacial score (nSPS) is 15.2. The van der Waals surface area contributed by atoms with Crippen molar-refractivity contribution < 1.29 is 33.5 Å². The number of phosphoric acid groups is 1. The Morgan fingerprint density at radius 3 is 1.63 bits per heavy atom. The maximum absolute atomic E-state index is 12.8. The average molecular weight is 743 g/mol. The van der Waals surface area contributed by atoms with Crippen LogP contribution < -0.4 is 11.1 Å². The second-order valence-corrected chi connectivity index (χ2v) is 15.5. The lowest BCUT2D eigenvalue weighted by Crippen LogP contribution is -2.46. The van der Waals surface area contributed by atoms with E-state index in [-0.39, 0.29) is 19.6 Å². The number of carbonyl (C=O) groups is 1. The van der Waals surface area contributed by atoms with Crippen molar-refractivity contribution in [3.8, 4) is 0 Å². The van der Waals surface area contributed by atoms with Crippen molar-refractivity contribution in [2.75, 3.05) is 19.8 Å². The number of nitrogens with one attached hydrogen (secondary N) is 1. The Bertz CT molecular complexity index is 914. The Morgan fingerprint density at radius 1 is 0.667 bits per heavy atom. The highest BCUT2D eigenvalue weighted by Gasteiger charge is 2.27. The van der Waals surface area contributed by atoms with Crippen molar-refractivity contribution in [1.82, 2.24) is 5.32 Å². The summed E-state index contributed by atoms with van der Waals surface area (Å²) in [4.78, 5) is 22.7. The Kier molecular flexibility index (Phi) is 36.1. The molecule has 0 aliphatic rings. The molecule has 0 aromatic carbocycles. The van der Waals surface area contributed by atoms with E-state index in [0.29, 0.717) is 12.8 Å². The number of carbonyl (C=O) groups excluding carboxylic acids is 1. The molecule has 51 heavy (non-hydrogen) atoms. The number of aliphatic hydroxyl groups is 2. The van der Waals surface area contributed by atoms with Crippen LogP contribution in [0.4, 0.5) is 0 Å². The molecule has 0 aromatic rings. The maximum Gasteiger partial charge on any atom is 0.472 e. The van der Waals surface area contributed by atoms with Gasteiger partial charge in [-0.3, -0.25) is 13.8 Å². The SMILES string of the molecule is CCCCCCCC/C=C\CCCCCCCC(O)CC(=O)NC(COP(=O)(O)OCCN)C(O)/C=C/CC/C=C/CCCCCCCCCC. The number of rotatable bonds is 38. The third kappa shape index (κ3) is 35.5. The topological polar surface area (TPSA) is 151 Å². The summed E-state index contributed by atoms with van der Waals surface area (Å²) in [6, 6.07) is -1.000. The van der Waals surface area contributed by atoms with Gasteiger partial charge in [-0.2, -0.15) is 0 Å². The van der Waals surface area contributed by atoms with Gasteiger partial charge >= 0.3 is 7.82 Å². The van der Waals surface area contributed by atoms with E-state index in [1.54, 1.807) is 6.08 Å². The molecule has 0 saturated carbocycles. The van der Waals surface area contributed by atoms with Gasteiger partial charge in [-0.05, 0) is 57.8 Å². The van der Waals surface area contributed by atoms with Gasteiger partial charge < -0.3 is 26.2 Å². The Labute approximate surface area is 312 Å². The Hall–Kier alpha value is -1.32. The molecule has 0 heterocycles. The highest BCUT2D eigenvalue weighted by atomic mass is 31.2. The number of hydrogen-bond acceptors (Lipinski definition) is 7. The monoisotopic (exact) mass is 743 g/mol. The molecule has 300 valence electrons. The van der Waals surface area contributed by atoms with Crippen LogP contribution in [0.3, 0.4) is 0 Å². The molecule has 0 aliphatic heterocycles. The molecule has 0 rings (SSSR count). The van der Waals surface area contributed by atoms with Crippen molar-refractivity contribution >= 4 is 13.7 Å². The van der Waals surface area contributed by atoms with Crippen LogP contribution in [0.1, 0.15) is 181 Å². The largest absolute Gasteiger partial charge is 0.472 e. The van der Waals surface area contributed by atoms with Crippen molar-refractivity contribution in [1.29, 1.82) is 0 Å². The number of unbranched alkanes of at least 4 members (excludes halogenated alkanes) is 20. The zero-order chi connectivity index (χ0) is 37.7. The van der Waals surface area contributed by atoms with E-state index >= 15 is 0 Å². The zero-order valence-electron chi connectivity index (χ0n) is 32.7. The van der Waals surface area contributed by atoms with E-state index < -0.39 is 38.6 Å². The molecule has 4 atom stereocenters. The standard InChI is InChI=1S/C41H79N2O7P/c1-3-5-7-9-11-13-15-17-19-20-22-24-26-28-30-32-38(44)36-41(46)43-39(37-50-51(47,48)49-35-34-42)40(45)33-31-29-27-25-23-21-18-16-14-12-10-8-6-4-2/h17,19,23,25,31,33,38-40,44-45H,3-16,18,20-22,24,26-30,32,34-37,42H2,1-2H3,(H,43,46)(H,47,48)/b19-17-,25-23+,33-31+. The highest BCUT2D eigenvalue weighted by molar-refractivity contribution is 7.47. The fourth-order valence-electron chi connectivity index (χ4n) is 5.83. The van der Waals surface area contributed by atoms with Gasteiger partial charge in [-0.25, -0.2) is 4.57 Å². The van der Waals surface area contributed by atoms with Gasteiger partial charge in [0, 0.05) is 6.54 Å². The van der Waals surface area contributed by atoms with E-state index in [4.69, 9.17) is 14.8 Å². The summed E-state index contributed by atoms with van der Waals surface area (Å²) >= 11 is 0. The summed E-state index contributed by atoms with van der Waals surface area (Å²) in [6.45, 7) is 3.92. The van der Waals surface area contributed by atoms with Crippen LogP contribution in [-0.2, 0) is 18.4 Å². The van der Waals surface area contributed by atoms with Gasteiger partial charge in [0.25, 0.3) is 0 Å². The van der Waals surface area contributed by atoms with Crippen molar-refractivity contribution in [2.45, 2.75) is 199 Å². The lowest BCUT2D eigenvalue weighted by atomic mass is 10.0. The first kappa shape index (κ1) is 49.7. The quantitative estimate of drug-likeness (QED) is 0.0238. The lowest BCUT2D eigenvalue weighted by molar-refractivity contribution is -0.124. The number of amides is 1. The fourth-order valence-corrected chi connectivity index (χ4v) is 6.59. The van der Waals surface area contributed by atoms with Crippen LogP contribution in [0.2, 0.25) is 0 Å². The molecular formula is C41H79N2O7P. The summed E-state index contributed by atoms with van der Waals surface area (Å²) in [6.07, 6.45) is 39.4. The number of nitrogens with two attached hydrogens (primary N) is 1. The van der Waals surface area contributed by atoms with Crippen molar-refractivity contribution in [2.24, 2.45) is 5.73 Å². The minimum absolute atomic E-state index is 0.0433. The first-order chi connectivity index (χ1) is 24.8. The molecular weight excluding hydrogens is 663 g/mol. The van der Waals surface area contributed by atoms with Crippen LogP contribution in [-0.4, -0.2) is 59.0 Å². The summed E-state index contributed by atoms with van der Waals surface area (Å²) in [5.41, 5.74) is 5.35. The molecule has 10 heteroatoms. The molecule has 6 N–H and O–H groups in total. The molecule has 0 aromatic heterocycles. The zero-order valence-corrected chi connectivity index (χ0v) is 33.6. The van der Waals surface area contributed by atoms with E-state index in [1.165, 1.54) is 103 Å². The van der Waals surface area contributed by atoms with Crippen molar-refractivity contribution in [3.63, 3.8) is 0 Å². The second kappa shape index (κ2) is 37.0. The molecule has 0 radical (unpaired) electrons. The number of aliphatic hydroxyl groups excluding tert-OH is 2. The maximum atomic E-state index is 12.8. The lowest BCUT2D eigenvalue weighted by Gasteiger charge is -2.24. The van der Waals surface area contributed by atoms with E-state index in [0.717, 1.165) is 44.9 Å². The predicted molar refractivity (Wildman–Crippen MR) is 214 cm³/mol. The van der Waals surface area contributed by atoms with Gasteiger partial charge in [0.05, 0.1) is 37.9 Å². The van der Waals surface area contributed by atoms with E-state index in [2.05, 4.69) is 43.5 Å². The third-order valence-electron chi connectivity index (χ3n) is 8.99. The van der Waals surface area contributed by atoms with Crippen LogP contribution in [0.25, 0.3) is 0 Å². The van der Waals surface area contributed by atoms with Gasteiger partial charge in [0.2, 0.25) is 5.91 Å². The number of hydrogen-bond donors (Lipinski definition) is 5. The van der Waals surface area contributed by atoms with Gasteiger partial charge in [0.1, 0.15) is 0 Å². The van der Waals surface area contributed by atoms with Crippen LogP contribution in [0, 0.1) is 0 Å². The molecule has 4 unspecified atom stereocenters. The molecule has 0 aliphatic carbocycles. The number of allylic oxidation sites excluding steroid dienone is 5. The predicted octanol–water partition coefficient (Wildman–Crippen LogP) is 10.1. The summed E-state index contributed by atoms with van der Waals surface area (Å²) < 4.78 is 22.0. The van der Waals surface area contributed by atoms with Gasteiger partial charge in [-0.15, -0.1) is 0 Å². The van der Waals surface area contributed by atoms with Crippen LogP contribution in [0.15, 0.2) is 36.5 Å². The fraction of sp³-hybridized carbons (Fsp3) is 0.829. The van der Waals surface area contributed by atoms with Crippen LogP contribution in [0.5, 0.6) is 0 Å². The van der Waals surface area contributed by atoms with Crippen LogP contribution >= 0.6 is 7.82 Å². The summed E-state index contributed by atoms with van der Waals surface area (Å²) in [5.74, 6) is -0.462. The second-order valence-electron chi connectivity index (χ2n) is 14.0. The molecule has 9 nitrogen and oxygen atoms in total. The minimum Gasteiger partial charge on any atom is -0.393 e. The van der Waals surface area contributed by atoms with E-state index in [9.17, 15) is 24.5 Å². The molecule has 1 amide bonds. The molecule has 0 bridgehead atoms. The summed E-state index contributed by atoms with van der Waals surface area (Å²) in [7, 11) is -4.40. The first-order valence-corrected chi connectivity index (χ1v) is 22.2. The van der Waals surface area contributed by atoms with Gasteiger partial charge in [0.15, 0.2) is 0 Å². The van der Waals surface area contributed by atoms with Gasteiger partial charge in [-0.1, -0.05) is 153 Å². The average Bonchev–Trinajstić information content (AvgIpc) is 3.10. The minimum atomic E-state index is -4.40. The molecule has 0 saturated heterocycles. The third-order valence-corrected chi connectivity index (χ3v) is 9.98. The summed E-state index contributed by atoms with van der Waals surface area (Å²) in [5, 5.41) is 24.0. The smallest absolute Gasteiger partial charge is 0.393 e. The molecule has 0 fully saturated rings. The Morgan fingerprint density at radius 2 is 1.12 bits per heavy atom. The molecule has 0 spiro atoms. The van der Waals surface area contributed by atoms with Crippen molar-refractivity contribution in [3.05, 3.63) is 36.5 Å².